The Bertz CT molecular complexity index is 1050. The molecule has 1 amide bonds. The van der Waals surface area contributed by atoms with Gasteiger partial charge in [-0.1, -0.05) is 35.5 Å². The standard InChI is InChI=1S/C22H23ClN4O3S/c1-15(21(28)26-10-12-30-13-11-26)31-22-25-24-20(16-4-3-5-19(14-16)29-2)27(22)18-8-6-17(23)7-9-18/h3-9,14-15H,10-13H2,1-2H3. The second kappa shape index (κ2) is 9.72. The van der Waals surface area contributed by atoms with Gasteiger partial charge in [0, 0.05) is 29.4 Å². The van der Waals surface area contributed by atoms with Crippen molar-refractivity contribution >= 4 is 29.3 Å². The van der Waals surface area contributed by atoms with E-state index in [4.69, 9.17) is 21.1 Å². The molecule has 3 aromatic rings. The van der Waals surface area contributed by atoms with Gasteiger partial charge in [0.15, 0.2) is 11.0 Å². The second-order valence-electron chi connectivity index (χ2n) is 7.05. The van der Waals surface area contributed by atoms with E-state index in [0.717, 1.165) is 17.0 Å². The molecular formula is C22H23ClN4O3S. The summed E-state index contributed by atoms with van der Waals surface area (Å²) < 4.78 is 12.7. The van der Waals surface area contributed by atoms with Crippen molar-refractivity contribution in [2.75, 3.05) is 33.4 Å². The van der Waals surface area contributed by atoms with Gasteiger partial charge in [-0.15, -0.1) is 10.2 Å². The van der Waals surface area contributed by atoms with Gasteiger partial charge in [-0.25, -0.2) is 0 Å². The summed E-state index contributed by atoms with van der Waals surface area (Å²) in [6.07, 6.45) is 0. The molecule has 1 atom stereocenters. The van der Waals surface area contributed by atoms with Crippen molar-refractivity contribution in [2.24, 2.45) is 0 Å². The number of methoxy groups -OCH3 is 1. The highest BCUT2D eigenvalue weighted by Gasteiger charge is 2.26. The summed E-state index contributed by atoms with van der Waals surface area (Å²) in [7, 11) is 1.63. The number of carbonyl (C=O) groups is 1. The summed E-state index contributed by atoms with van der Waals surface area (Å²) >= 11 is 7.49. The van der Waals surface area contributed by atoms with Crippen molar-refractivity contribution in [2.45, 2.75) is 17.3 Å². The Morgan fingerprint density at radius 3 is 2.61 bits per heavy atom. The lowest BCUT2D eigenvalue weighted by Gasteiger charge is -2.28. The van der Waals surface area contributed by atoms with Crippen molar-refractivity contribution in [1.82, 2.24) is 19.7 Å². The van der Waals surface area contributed by atoms with E-state index in [0.29, 0.717) is 42.3 Å². The maximum absolute atomic E-state index is 12.9. The van der Waals surface area contributed by atoms with Crippen molar-refractivity contribution in [3.63, 3.8) is 0 Å². The first-order valence-corrected chi connectivity index (χ1v) is 11.2. The number of benzene rings is 2. The van der Waals surface area contributed by atoms with Crippen LogP contribution in [0.25, 0.3) is 17.1 Å². The van der Waals surface area contributed by atoms with Gasteiger partial charge >= 0.3 is 0 Å². The van der Waals surface area contributed by atoms with Crippen LogP contribution in [-0.2, 0) is 9.53 Å². The van der Waals surface area contributed by atoms with Gasteiger partial charge in [-0.3, -0.25) is 9.36 Å². The predicted octanol–water partition coefficient (Wildman–Crippen LogP) is 3.94. The molecule has 0 spiro atoms. The van der Waals surface area contributed by atoms with Crippen LogP contribution in [0, 0.1) is 0 Å². The Kier molecular flexibility index (Phi) is 6.80. The van der Waals surface area contributed by atoms with Crippen LogP contribution >= 0.6 is 23.4 Å². The molecule has 2 heterocycles. The van der Waals surface area contributed by atoms with Crippen LogP contribution in [0.2, 0.25) is 5.02 Å². The molecule has 31 heavy (non-hydrogen) atoms. The maximum atomic E-state index is 12.9. The first kappa shape index (κ1) is 21.7. The van der Waals surface area contributed by atoms with Crippen LogP contribution in [0.3, 0.4) is 0 Å². The summed E-state index contributed by atoms with van der Waals surface area (Å²) in [6, 6.07) is 15.1. The van der Waals surface area contributed by atoms with Crippen molar-refractivity contribution in [1.29, 1.82) is 0 Å². The van der Waals surface area contributed by atoms with E-state index in [1.54, 1.807) is 7.11 Å². The molecule has 4 rings (SSSR count). The summed E-state index contributed by atoms with van der Waals surface area (Å²) in [4.78, 5) is 14.8. The average Bonchev–Trinajstić information content (AvgIpc) is 3.23. The normalized spacial score (nSPS) is 15.0. The smallest absolute Gasteiger partial charge is 0.236 e. The maximum Gasteiger partial charge on any atom is 0.236 e. The van der Waals surface area contributed by atoms with Crippen LogP contribution in [0.4, 0.5) is 0 Å². The number of rotatable bonds is 6. The van der Waals surface area contributed by atoms with E-state index in [2.05, 4.69) is 10.2 Å². The highest BCUT2D eigenvalue weighted by atomic mass is 35.5. The van der Waals surface area contributed by atoms with Crippen LogP contribution in [0.15, 0.2) is 53.7 Å². The summed E-state index contributed by atoms with van der Waals surface area (Å²) in [6.45, 7) is 4.27. The van der Waals surface area contributed by atoms with Crippen LogP contribution in [0.5, 0.6) is 5.75 Å². The minimum Gasteiger partial charge on any atom is -0.497 e. The molecule has 0 saturated carbocycles. The molecule has 0 bridgehead atoms. The van der Waals surface area contributed by atoms with Crippen molar-refractivity contribution in [3.8, 4) is 22.8 Å². The molecule has 0 radical (unpaired) electrons. The molecule has 1 fully saturated rings. The molecule has 7 nitrogen and oxygen atoms in total. The monoisotopic (exact) mass is 458 g/mol. The molecule has 0 aliphatic carbocycles. The van der Waals surface area contributed by atoms with Gasteiger partial charge in [-0.05, 0) is 43.3 Å². The molecule has 1 aromatic heterocycles. The largest absolute Gasteiger partial charge is 0.497 e. The third kappa shape index (κ3) is 4.87. The molecule has 9 heteroatoms. The van der Waals surface area contributed by atoms with Gasteiger partial charge in [0.05, 0.1) is 25.6 Å². The van der Waals surface area contributed by atoms with Crippen LogP contribution < -0.4 is 4.74 Å². The zero-order valence-corrected chi connectivity index (χ0v) is 18.9. The van der Waals surface area contributed by atoms with E-state index in [1.807, 2.05) is 64.9 Å². The molecule has 1 saturated heterocycles. The van der Waals surface area contributed by atoms with E-state index in [-0.39, 0.29) is 11.2 Å². The molecular weight excluding hydrogens is 436 g/mol. The summed E-state index contributed by atoms with van der Waals surface area (Å²) in [5, 5.41) is 9.83. The SMILES string of the molecule is COc1cccc(-c2nnc(SC(C)C(=O)N3CCOCC3)n2-c2ccc(Cl)cc2)c1. The van der Waals surface area contributed by atoms with Crippen LogP contribution in [-0.4, -0.2) is 64.2 Å². The number of nitrogens with zero attached hydrogens (tertiary/aromatic N) is 4. The number of hydrogen-bond acceptors (Lipinski definition) is 6. The molecule has 1 aliphatic heterocycles. The van der Waals surface area contributed by atoms with Gasteiger partial charge in [0.25, 0.3) is 0 Å². The lowest BCUT2D eigenvalue weighted by molar-refractivity contribution is -0.134. The first-order chi connectivity index (χ1) is 15.1. The highest BCUT2D eigenvalue weighted by Crippen LogP contribution is 2.32. The Labute approximate surface area is 190 Å². The number of aromatic nitrogens is 3. The van der Waals surface area contributed by atoms with Gasteiger partial charge in [0.1, 0.15) is 5.75 Å². The number of thioether (sulfide) groups is 1. The van der Waals surface area contributed by atoms with Crippen molar-refractivity contribution < 1.29 is 14.3 Å². The zero-order chi connectivity index (χ0) is 21.8. The number of ether oxygens (including phenoxy) is 2. The van der Waals surface area contributed by atoms with E-state index < -0.39 is 0 Å². The van der Waals surface area contributed by atoms with Crippen molar-refractivity contribution in [3.05, 3.63) is 53.6 Å². The third-order valence-electron chi connectivity index (χ3n) is 5.00. The fraction of sp³-hybridized carbons (Fsp3) is 0.318. The van der Waals surface area contributed by atoms with E-state index in [1.165, 1.54) is 11.8 Å². The summed E-state index contributed by atoms with van der Waals surface area (Å²) in [5.41, 5.74) is 1.72. The average molecular weight is 459 g/mol. The highest BCUT2D eigenvalue weighted by molar-refractivity contribution is 8.00. The van der Waals surface area contributed by atoms with E-state index in [9.17, 15) is 4.79 Å². The number of morpholine rings is 1. The topological polar surface area (TPSA) is 69.5 Å². The fourth-order valence-corrected chi connectivity index (χ4v) is 4.45. The summed E-state index contributed by atoms with van der Waals surface area (Å²) in [5.74, 6) is 1.46. The predicted molar refractivity (Wildman–Crippen MR) is 121 cm³/mol. The Hall–Kier alpha value is -2.55. The van der Waals surface area contributed by atoms with Gasteiger partial charge in [-0.2, -0.15) is 0 Å². The van der Waals surface area contributed by atoms with E-state index >= 15 is 0 Å². The molecule has 162 valence electrons. The minimum absolute atomic E-state index is 0.0712. The van der Waals surface area contributed by atoms with Crippen LogP contribution in [0.1, 0.15) is 6.92 Å². The number of halogens is 1. The fourth-order valence-electron chi connectivity index (χ4n) is 3.37. The number of hydrogen-bond donors (Lipinski definition) is 0. The Morgan fingerprint density at radius 1 is 1.16 bits per heavy atom. The molecule has 1 unspecified atom stereocenters. The number of amides is 1. The Morgan fingerprint density at radius 2 is 1.90 bits per heavy atom. The molecule has 1 aliphatic rings. The lowest BCUT2D eigenvalue weighted by Crippen LogP contribution is -2.44. The molecule has 0 N–H and O–H groups in total. The second-order valence-corrected chi connectivity index (χ2v) is 8.79. The lowest BCUT2D eigenvalue weighted by atomic mass is 10.2. The van der Waals surface area contributed by atoms with Gasteiger partial charge in [0.2, 0.25) is 5.91 Å². The quantitative estimate of drug-likeness (QED) is 0.521. The minimum atomic E-state index is -0.313. The first-order valence-electron chi connectivity index (χ1n) is 9.96. The Balaban J connectivity index is 1.69. The number of carbonyl (C=O) groups excluding carboxylic acids is 1. The third-order valence-corrected chi connectivity index (χ3v) is 6.28. The molecule has 2 aromatic carbocycles. The van der Waals surface area contributed by atoms with Gasteiger partial charge < -0.3 is 14.4 Å². The zero-order valence-electron chi connectivity index (χ0n) is 17.3.